The Kier molecular flexibility index (Phi) is 10.8. The number of thioether (sulfide) groups is 1. The monoisotopic (exact) mass is 511 g/mol. The summed E-state index contributed by atoms with van der Waals surface area (Å²) in [4.78, 5) is 23.5. The summed E-state index contributed by atoms with van der Waals surface area (Å²) in [5, 5.41) is 1.53. The maximum Gasteiger partial charge on any atom is 0.229 e. The van der Waals surface area contributed by atoms with Crippen molar-refractivity contribution < 1.29 is 4.79 Å². The Bertz CT molecular complexity index is 1020. The maximum absolute atomic E-state index is 13.2. The number of rotatable bonds is 10. The molecule has 174 valence electrons. The average Bonchev–Trinajstić information content (AvgIpc) is 3.16. The molecule has 1 aromatic heterocycles. The van der Waals surface area contributed by atoms with E-state index in [0.29, 0.717) is 13.0 Å². The molecule has 8 heteroatoms. The summed E-state index contributed by atoms with van der Waals surface area (Å²) in [5.74, 6) is 0.854. The zero-order valence-corrected chi connectivity index (χ0v) is 22.3. The second-order valence-corrected chi connectivity index (χ2v) is 10.2. The number of amides is 1. The molecule has 3 rings (SSSR count). The van der Waals surface area contributed by atoms with E-state index >= 15 is 0 Å². The number of likely N-dealkylation sites (N-methyl/N-ethyl adjacent to an activating group) is 1. The van der Waals surface area contributed by atoms with E-state index in [-0.39, 0.29) is 18.3 Å². The third-order valence-corrected chi connectivity index (χ3v) is 7.57. The molecule has 3 aromatic rings. The van der Waals surface area contributed by atoms with Crippen molar-refractivity contribution in [3.8, 4) is 0 Å². The van der Waals surface area contributed by atoms with Gasteiger partial charge in [0, 0.05) is 35.2 Å². The Morgan fingerprint density at radius 3 is 2.44 bits per heavy atom. The van der Waals surface area contributed by atoms with E-state index < -0.39 is 0 Å². The van der Waals surface area contributed by atoms with Crippen molar-refractivity contribution in [1.29, 1.82) is 0 Å². The lowest BCUT2D eigenvalue weighted by molar-refractivity contribution is -0.118. The Hall–Kier alpha value is -1.31. The second kappa shape index (κ2) is 12.8. The number of fused-ring (bicyclic) bond motifs is 1. The number of carbonyl (C=O) groups is 1. The van der Waals surface area contributed by atoms with Gasteiger partial charge >= 0.3 is 0 Å². The zero-order valence-electron chi connectivity index (χ0n) is 19.1. The highest BCUT2D eigenvalue weighted by Crippen LogP contribution is 2.32. The molecular formula is C24H31Cl2N3OS2. The van der Waals surface area contributed by atoms with Crippen LogP contribution in [0.15, 0.2) is 41.3 Å². The van der Waals surface area contributed by atoms with Gasteiger partial charge in [0.15, 0.2) is 5.13 Å². The van der Waals surface area contributed by atoms with Crippen LogP contribution in [0.4, 0.5) is 5.13 Å². The summed E-state index contributed by atoms with van der Waals surface area (Å²) in [6.07, 6.45) is 0.472. The summed E-state index contributed by atoms with van der Waals surface area (Å²) < 4.78 is 1.14. The molecule has 1 heterocycles. The number of aromatic nitrogens is 1. The highest BCUT2D eigenvalue weighted by Gasteiger charge is 2.21. The normalized spacial score (nSPS) is 11.1. The molecule has 0 spiro atoms. The first kappa shape index (κ1) is 26.9. The first-order chi connectivity index (χ1) is 14.9. The number of aryl methyl sites for hydroxylation is 2. The van der Waals surface area contributed by atoms with Crippen LogP contribution in [0.5, 0.6) is 0 Å². The molecule has 0 fully saturated rings. The number of anilines is 1. The number of thiazole rings is 1. The molecule has 0 aliphatic rings. The molecule has 0 unspecified atom stereocenters. The van der Waals surface area contributed by atoms with Crippen molar-refractivity contribution in [2.24, 2.45) is 0 Å². The lowest BCUT2D eigenvalue weighted by atomic mass is 10.1. The Balaban J connectivity index is 0.00000363. The fourth-order valence-electron chi connectivity index (χ4n) is 3.50. The van der Waals surface area contributed by atoms with E-state index in [0.717, 1.165) is 56.2 Å². The fourth-order valence-corrected chi connectivity index (χ4v) is 5.66. The van der Waals surface area contributed by atoms with Crippen LogP contribution >= 0.6 is 47.1 Å². The molecule has 0 saturated carbocycles. The third-order valence-electron chi connectivity index (χ3n) is 5.28. The van der Waals surface area contributed by atoms with Gasteiger partial charge in [0.2, 0.25) is 5.91 Å². The van der Waals surface area contributed by atoms with E-state index in [4.69, 9.17) is 16.6 Å². The first-order valence-corrected chi connectivity index (χ1v) is 12.9. The molecule has 0 N–H and O–H groups in total. The molecule has 2 aromatic carbocycles. The summed E-state index contributed by atoms with van der Waals surface area (Å²) in [7, 11) is 0. The van der Waals surface area contributed by atoms with Crippen LogP contribution in [-0.4, -0.2) is 47.7 Å². The quantitative estimate of drug-likeness (QED) is 0.279. The van der Waals surface area contributed by atoms with Gasteiger partial charge in [0.1, 0.15) is 0 Å². The zero-order chi connectivity index (χ0) is 22.4. The molecule has 4 nitrogen and oxygen atoms in total. The molecule has 0 saturated heterocycles. The van der Waals surface area contributed by atoms with Gasteiger partial charge in [-0.2, -0.15) is 0 Å². The van der Waals surface area contributed by atoms with E-state index in [1.807, 2.05) is 29.2 Å². The number of benzene rings is 2. The lowest BCUT2D eigenvalue weighted by Crippen LogP contribution is -2.39. The predicted octanol–water partition coefficient (Wildman–Crippen LogP) is 6.85. The average molecular weight is 513 g/mol. The SMILES string of the molecule is CCN(CC)CCN(C(=O)CCSc1ccc(Cl)cc1)c1nc2c(C)cc(C)cc2s1.Cl. The number of carbonyl (C=O) groups excluding carboxylic acids is 1. The van der Waals surface area contributed by atoms with E-state index in [2.05, 4.69) is 44.7 Å². The van der Waals surface area contributed by atoms with E-state index in [1.54, 1.807) is 23.1 Å². The van der Waals surface area contributed by atoms with Gasteiger partial charge in [0.25, 0.3) is 0 Å². The van der Waals surface area contributed by atoms with Gasteiger partial charge < -0.3 is 4.90 Å². The van der Waals surface area contributed by atoms with Crippen molar-refractivity contribution in [3.63, 3.8) is 0 Å². The summed E-state index contributed by atoms with van der Waals surface area (Å²) in [6.45, 7) is 11.9. The van der Waals surface area contributed by atoms with Crippen LogP contribution in [0.2, 0.25) is 5.02 Å². The lowest BCUT2D eigenvalue weighted by Gasteiger charge is -2.24. The summed E-state index contributed by atoms with van der Waals surface area (Å²) >= 11 is 9.26. The van der Waals surface area contributed by atoms with Gasteiger partial charge in [-0.25, -0.2) is 4.98 Å². The molecule has 0 atom stereocenters. The molecule has 32 heavy (non-hydrogen) atoms. The van der Waals surface area contributed by atoms with Crippen molar-refractivity contribution >= 4 is 68.4 Å². The van der Waals surface area contributed by atoms with Crippen LogP contribution in [0.1, 0.15) is 31.4 Å². The molecule has 0 aliphatic carbocycles. The third kappa shape index (κ3) is 7.09. The number of nitrogens with zero attached hydrogens (tertiary/aromatic N) is 3. The second-order valence-electron chi connectivity index (χ2n) is 7.55. The number of hydrogen-bond donors (Lipinski definition) is 0. The van der Waals surface area contributed by atoms with Crippen LogP contribution < -0.4 is 4.90 Å². The van der Waals surface area contributed by atoms with Crippen molar-refractivity contribution in [3.05, 3.63) is 52.5 Å². The van der Waals surface area contributed by atoms with Crippen LogP contribution in [0.25, 0.3) is 10.2 Å². The largest absolute Gasteiger partial charge is 0.302 e. The maximum atomic E-state index is 13.2. The van der Waals surface area contributed by atoms with Gasteiger partial charge in [-0.15, -0.1) is 24.2 Å². The summed E-state index contributed by atoms with van der Waals surface area (Å²) in [5.41, 5.74) is 3.38. The van der Waals surface area contributed by atoms with Crippen LogP contribution in [-0.2, 0) is 4.79 Å². The van der Waals surface area contributed by atoms with Gasteiger partial charge in [-0.1, -0.05) is 42.9 Å². The minimum absolute atomic E-state index is 0. The smallest absolute Gasteiger partial charge is 0.229 e. The van der Waals surface area contributed by atoms with Crippen LogP contribution in [0, 0.1) is 13.8 Å². The van der Waals surface area contributed by atoms with Crippen molar-refractivity contribution in [1.82, 2.24) is 9.88 Å². The van der Waals surface area contributed by atoms with Gasteiger partial charge in [-0.3, -0.25) is 9.69 Å². The minimum atomic E-state index is 0. The molecular weight excluding hydrogens is 481 g/mol. The Labute approximate surface area is 210 Å². The van der Waals surface area contributed by atoms with E-state index in [1.165, 1.54) is 5.56 Å². The predicted molar refractivity (Wildman–Crippen MR) is 143 cm³/mol. The Morgan fingerprint density at radius 2 is 1.78 bits per heavy atom. The van der Waals surface area contributed by atoms with Crippen LogP contribution in [0.3, 0.4) is 0 Å². The first-order valence-electron chi connectivity index (χ1n) is 10.7. The van der Waals surface area contributed by atoms with Crippen molar-refractivity contribution in [2.75, 3.05) is 36.8 Å². The number of hydrogen-bond acceptors (Lipinski definition) is 5. The number of halogens is 2. The minimum Gasteiger partial charge on any atom is -0.302 e. The molecule has 0 bridgehead atoms. The highest BCUT2D eigenvalue weighted by molar-refractivity contribution is 7.99. The van der Waals surface area contributed by atoms with Gasteiger partial charge in [-0.05, 0) is 68.4 Å². The topological polar surface area (TPSA) is 36.4 Å². The standard InChI is InChI=1S/C24H30ClN3OS2.ClH/c1-5-27(6-2)12-13-28(22(29)11-14-30-20-9-7-19(25)8-10-20)24-26-23-18(4)15-17(3)16-21(23)31-24;/h7-10,15-16H,5-6,11-14H2,1-4H3;1H. The summed E-state index contributed by atoms with van der Waals surface area (Å²) in [6, 6.07) is 12.1. The van der Waals surface area contributed by atoms with E-state index in [9.17, 15) is 4.79 Å². The Morgan fingerprint density at radius 1 is 1.09 bits per heavy atom. The van der Waals surface area contributed by atoms with Crippen molar-refractivity contribution in [2.45, 2.75) is 39.0 Å². The highest BCUT2D eigenvalue weighted by atomic mass is 35.5. The van der Waals surface area contributed by atoms with Gasteiger partial charge in [0.05, 0.1) is 10.2 Å². The fraction of sp³-hybridized carbons (Fsp3) is 0.417. The molecule has 0 aliphatic heterocycles. The molecule has 0 radical (unpaired) electrons. The molecule has 1 amide bonds.